The second-order valence-electron chi connectivity index (χ2n) is 20.2. The SMILES string of the molecule is CC(C)c1cc(-c2ccccc2)cc(C(C)C)c1-c1cc(Oc2ccc3c4ccccc4n(-c4cc(C(C)(C)C)ccn4)c3c2)cc(N2CN(c3ccccc3-c3ccc(F)cc3)c3ccccc32)c1. The maximum absolute atomic E-state index is 14.2. The molecule has 0 saturated carbocycles. The lowest BCUT2D eigenvalue weighted by molar-refractivity contribution is 0.483. The van der Waals surface area contributed by atoms with E-state index in [9.17, 15) is 4.39 Å². The Morgan fingerprint density at radius 3 is 1.87 bits per heavy atom. The second-order valence-corrected chi connectivity index (χ2v) is 20.2. The van der Waals surface area contributed by atoms with Gasteiger partial charge in [-0.25, -0.2) is 9.37 Å². The van der Waals surface area contributed by atoms with Crippen molar-refractivity contribution in [2.75, 3.05) is 16.5 Å². The fraction of sp³-hybridized carbons (Fsp3) is 0.172. The second kappa shape index (κ2) is 17.8. The van der Waals surface area contributed by atoms with Crippen molar-refractivity contribution < 1.29 is 9.13 Å². The lowest BCUT2D eigenvalue weighted by Crippen LogP contribution is -2.24. The van der Waals surface area contributed by atoms with Crippen molar-refractivity contribution in [2.24, 2.45) is 0 Å². The van der Waals surface area contributed by atoms with Crippen molar-refractivity contribution in [2.45, 2.75) is 65.7 Å². The van der Waals surface area contributed by atoms with Crippen LogP contribution < -0.4 is 14.5 Å². The number of hydrogen-bond donors (Lipinski definition) is 0. The molecule has 11 rings (SSSR count). The lowest BCUT2D eigenvalue weighted by Gasteiger charge is -2.26. The van der Waals surface area contributed by atoms with Gasteiger partial charge >= 0.3 is 0 Å². The highest BCUT2D eigenvalue weighted by atomic mass is 19.1. The molecule has 0 fully saturated rings. The zero-order chi connectivity index (χ0) is 48.3. The van der Waals surface area contributed by atoms with E-state index in [1.54, 1.807) is 0 Å². The van der Waals surface area contributed by atoms with Gasteiger partial charge in [-0.1, -0.05) is 152 Å². The Kier molecular flexibility index (Phi) is 11.4. The van der Waals surface area contributed by atoms with Crippen molar-refractivity contribution in [3.05, 3.63) is 217 Å². The van der Waals surface area contributed by atoms with Crippen molar-refractivity contribution in [3.63, 3.8) is 0 Å². The summed E-state index contributed by atoms with van der Waals surface area (Å²) in [6.45, 7) is 16.5. The molecule has 3 heterocycles. The molecule has 70 heavy (non-hydrogen) atoms. The van der Waals surface area contributed by atoms with Crippen LogP contribution in [0.2, 0.25) is 0 Å². The van der Waals surface area contributed by atoms with Crippen LogP contribution in [0.4, 0.5) is 27.1 Å². The summed E-state index contributed by atoms with van der Waals surface area (Å²) >= 11 is 0. The van der Waals surface area contributed by atoms with Crippen LogP contribution in [0.15, 0.2) is 194 Å². The predicted octanol–water partition coefficient (Wildman–Crippen LogP) is 17.9. The summed E-state index contributed by atoms with van der Waals surface area (Å²) in [5, 5.41) is 2.30. The van der Waals surface area contributed by atoms with Crippen LogP contribution in [0.1, 0.15) is 77.0 Å². The first-order valence-corrected chi connectivity index (χ1v) is 24.5. The quantitative estimate of drug-likeness (QED) is 0.137. The van der Waals surface area contributed by atoms with E-state index in [1.165, 1.54) is 45.5 Å². The van der Waals surface area contributed by atoms with Gasteiger partial charge in [-0.2, -0.15) is 0 Å². The Labute approximate surface area is 411 Å². The molecule has 0 amide bonds. The molecule has 6 heteroatoms. The highest BCUT2D eigenvalue weighted by molar-refractivity contribution is 6.09. The fourth-order valence-electron chi connectivity index (χ4n) is 10.3. The number of fused-ring (bicyclic) bond motifs is 4. The predicted molar refractivity (Wildman–Crippen MR) is 290 cm³/mol. The zero-order valence-corrected chi connectivity index (χ0v) is 40.9. The smallest absolute Gasteiger partial charge is 0.137 e. The van der Waals surface area contributed by atoms with Gasteiger partial charge in [0, 0.05) is 40.4 Å². The Balaban J connectivity index is 1.09. The third-order valence-electron chi connectivity index (χ3n) is 13.9. The number of para-hydroxylation sites is 4. The van der Waals surface area contributed by atoms with Crippen LogP contribution in [0.5, 0.6) is 11.5 Å². The van der Waals surface area contributed by atoms with Gasteiger partial charge in [0.15, 0.2) is 0 Å². The van der Waals surface area contributed by atoms with Gasteiger partial charge in [-0.05, 0) is 135 Å². The number of halogens is 1. The summed E-state index contributed by atoms with van der Waals surface area (Å²) in [5.74, 6) is 2.57. The van der Waals surface area contributed by atoms with E-state index in [0.717, 1.165) is 78.6 Å². The van der Waals surface area contributed by atoms with Gasteiger partial charge in [-0.15, -0.1) is 0 Å². The van der Waals surface area contributed by atoms with Crippen molar-refractivity contribution >= 4 is 44.6 Å². The van der Waals surface area contributed by atoms with Crippen LogP contribution in [0.25, 0.3) is 61.0 Å². The Morgan fingerprint density at radius 1 is 0.514 bits per heavy atom. The fourth-order valence-corrected chi connectivity index (χ4v) is 10.3. The standard InChI is InChI=1S/C64H57FN4O/c1-41(2)55-35-45(43-17-9-8-10-18-43)36-56(42(3)4)63(55)46-33-49(67-40-68(60-24-16-15-23-59(60)67)57-21-13-11-19-52(57)44-25-27-48(65)28-26-44)38-51(34-46)70-50-29-30-54-53-20-12-14-22-58(53)69(61(54)39-50)62-37-47(31-32-66-62)64(5,6)7/h8-39,41-42H,40H2,1-7H3. The van der Waals surface area contributed by atoms with Crippen LogP contribution in [0, 0.1) is 5.82 Å². The molecule has 5 nitrogen and oxygen atoms in total. The molecular weight excluding hydrogens is 860 g/mol. The summed E-state index contributed by atoms with van der Waals surface area (Å²) in [5.41, 5.74) is 16.9. The zero-order valence-electron chi connectivity index (χ0n) is 40.9. The summed E-state index contributed by atoms with van der Waals surface area (Å²) in [7, 11) is 0. The van der Waals surface area contributed by atoms with Gasteiger partial charge in [0.2, 0.25) is 0 Å². The van der Waals surface area contributed by atoms with Crippen LogP contribution >= 0.6 is 0 Å². The maximum atomic E-state index is 14.2. The lowest BCUT2D eigenvalue weighted by atomic mass is 9.82. The molecule has 0 radical (unpaired) electrons. The summed E-state index contributed by atoms with van der Waals surface area (Å²) in [6.07, 6.45) is 1.92. The van der Waals surface area contributed by atoms with Gasteiger partial charge in [-0.3, -0.25) is 4.57 Å². The molecule has 0 bridgehead atoms. The number of nitrogens with zero attached hydrogens (tertiary/aromatic N) is 4. The third-order valence-corrected chi connectivity index (χ3v) is 13.9. The molecule has 0 atom stereocenters. The number of ether oxygens (including phenoxy) is 1. The van der Waals surface area contributed by atoms with Gasteiger partial charge in [0.1, 0.15) is 29.8 Å². The molecule has 0 aliphatic carbocycles. The number of hydrogen-bond acceptors (Lipinski definition) is 4. The van der Waals surface area contributed by atoms with Crippen molar-refractivity contribution in [1.82, 2.24) is 9.55 Å². The Bertz CT molecular complexity index is 3540. The molecular formula is C64H57FN4O. The van der Waals surface area contributed by atoms with E-state index in [0.29, 0.717) is 6.67 Å². The Morgan fingerprint density at radius 2 is 1.16 bits per heavy atom. The molecule has 8 aromatic carbocycles. The molecule has 2 aromatic heterocycles. The molecule has 0 spiro atoms. The molecule has 346 valence electrons. The summed E-state index contributed by atoms with van der Waals surface area (Å²) in [6, 6.07) is 65.4. The summed E-state index contributed by atoms with van der Waals surface area (Å²) in [4.78, 5) is 9.71. The van der Waals surface area contributed by atoms with Crippen molar-refractivity contribution in [1.29, 1.82) is 0 Å². The number of aromatic nitrogens is 2. The van der Waals surface area contributed by atoms with E-state index in [4.69, 9.17) is 9.72 Å². The normalized spacial score (nSPS) is 12.7. The molecule has 0 saturated heterocycles. The first-order valence-electron chi connectivity index (χ1n) is 24.5. The van der Waals surface area contributed by atoms with Crippen LogP contribution in [-0.2, 0) is 5.41 Å². The first-order chi connectivity index (χ1) is 33.9. The van der Waals surface area contributed by atoms with Gasteiger partial charge in [0.05, 0.1) is 28.1 Å². The minimum absolute atomic E-state index is 0.0426. The summed E-state index contributed by atoms with van der Waals surface area (Å²) < 4.78 is 23.7. The number of anilines is 4. The minimum atomic E-state index is -0.252. The van der Waals surface area contributed by atoms with Gasteiger partial charge in [0.25, 0.3) is 0 Å². The topological polar surface area (TPSA) is 33.5 Å². The van der Waals surface area contributed by atoms with Crippen molar-refractivity contribution in [3.8, 4) is 50.7 Å². The molecule has 10 aromatic rings. The highest BCUT2D eigenvalue weighted by Crippen LogP contribution is 2.50. The minimum Gasteiger partial charge on any atom is -0.457 e. The van der Waals surface area contributed by atoms with E-state index in [-0.39, 0.29) is 23.1 Å². The highest BCUT2D eigenvalue weighted by Gasteiger charge is 2.31. The molecule has 0 unspecified atom stereocenters. The van der Waals surface area contributed by atoms with E-state index < -0.39 is 0 Å². The van der Waals surface area contributed by atoms with E-state index >= 15 is 0 Å². The molecule has 0 N–H and O–H groups in total. The first kappa shape index (κ1) is 44.5. The van der Waals surface area contributed by atoms with E-state index in [2.05, 4.69) is 221 Å². The Hall–Kier alpha value is -7.96. The average molecular weight is 917 g/mol. The van der Waals surface area contributed by atoms with Crippen LogP contribution in [0.3, 0.4) is 0 Å². The average Bonchev–Trinajstić information content (AvgIpc) is 3.92. The molecule has 1 aliphatic rings. The van der Waals surface area contributed by atoms with Gasteiger partial charge < -0.3 is 14.5 Å². The molecule has 1 aliphatic heterocycles. The third kappa shape index (κ3) is 8.17. The monoisotopic (exact) mass is 916 g/mol. The number of rotatable bonds is 10. The largest absolute Gasteiger partial charge is 0.457 e. The van der Waals surface area contributed by atoms with Crippen LogP contribution in [-0.4, -0.2) is 16.2 Å². The number of pyridine rings is 1. The van der Waals surface area contributed by atoms with E-state index in [1.807, 2.05) is 24.4 Å². The maximum Gasteiger partial charge on any atom is 0.137 e. The number of benzene rings is 8.